The highest BCUT2D eigenvalue weighted by molar-refractivity contribution is 9.10. The Morgan fingerprint density at radius 3 is 2.50 bits per heavy atom. The molecule has 0 saturated carbocycles. The fourth-order valence-electron chi connectivity index (χ4n) is 2.34. The quantitative estimate of drug-likeness (QED) is 0.343. The van der Waals surface area contributed by atoms with Crippen molar-refractivity contribution in [1.82, 2.24) is 0 Å². The van der Waals surface area contributed by atoms with Crippen molar-refractivity contribution in [2.45, 2.75) is 33.6 Å². The Labute approximate surface area is 129 Å². The van der Waals surface area contributed by atoms with Crippen LogP contribution in [0, 0.1) is 5.92 Å². The first kappa shape index (κ1) is 16.8. The van der Waals surface area contributed by atoms with Crippen molar-refractivity contribution in [1.29, 1.82) is 0 Å². The molecule has 1 aromatic carbocycles. The van der Waals surface area contributed by atoms with Gasteiger partial charge in [-0.25, -0.2) is 0 Å². The number of nitrogens with two attached hydrogens (primary N) is 1. The lowest BCUT2D eigenvalue weighted by Crippen LogP contribution is -2.31. The Bertz CT molecular complexity index is 458. The third-order valence-electron chi connectivity index (χ3n) is 3.71. The Morgan fingerprint density at radius 1 is 1.35 bits per heavy atom. The molecule has 0 bridgehead atoms. The van der Waals surface area contributed by atoms with E-state index in [1.165, 1.54) is 0 Å². The van der Waals surface area contributed by atoms with Crippen molar-refractivity contribution < 1.29 is 5.21 Å². The van der Waals surface area contributed by atoms with E-state index in [9.17, 15) is 0 Å². The van der Waals surface area contributed by atoms with Gasteiger partial charge in [-0.15, -0.1) is 0 Å². The van der Waals surface area contributed by atoms with Crippen molar-refractivity contribution in [3.05, 3.63) is 28.2 Å². The number of anilines is 1. The molecule has 20 heavy (non-hydrogen) atoms. The number of oxime groups is 1. The smallest absolute Gasteiger partial charge is 0.173 e. The molecule has 3 N–H and O–H groups in total. The molecule has 4 nitrogen and oxygen atoms in total. The fraction of sp³-hybridized carbons (Fsp3) is 0.533. The number of nitrogens with zero attached hydrogens (tertiary/aromatic N) is 2. The van der Waals surface area contributed by atoms with Crippen LogP contribution in [0.3, 0.4) is 0 Å². The monoisotopic (exact) mass is 341 g/mol. The maximum absolute atomic E-state index is 8.99. The van der Waals surface area contributed by atoms with E-state index >= 15 is 0 Å². The summed E-state index contributed by atoms with van der Waals surface area (Å²) in [5.74, 6) is 0.782. The van der Waals surface area contributed by atoms with Crippen LogP contribution in [-0.2, 0) is 0 Å². The van der Waals surface area contributed by atoms with Gasteiger partial charge in [-0.3, -0.25) is 0 Å². The molecule has 112 valence electrons. The number of rotatable bonds is 7. The molecule has 0 aromatic heterocycles. The highest BCUT2D eigenvalue weighted by Crippen LogP contribution is 2.29. The Balaban J connectivity index is 3.18. The highest BCUT2D eigenvalue weighted by atomic mass is 79.9. The van der Waals surface area contributed by atoms with E-state index in [1.807, 2.05) is 18.2 Å². The molecule has 0 aliphatic heterocycles. The van der Waals surface area contributed by atoms with Crippen LogP contribution in [-0.4, -0.2) is 24.1 Å². The SMILES string of the molecule is CCC(CC)CN(CC)c1cccc(Br)c1/C(N)=N/O. The first-order chi connectivity index (χ1) is 9.58. The molecule has 0 unspecified atom stereocenters. The number of benzene rings is 1. The Kier molecular flexibility index (Phi) is 6.85. The summed E-state index contributed by atoms with van der Waals surface area (Å²) >= 11 is 3.49. The van der Waals surface area contributed by atoms with Crippen LogP contribution < -0.4 is 10.6 Å². The molecule has 0 amide bonds. The first-order valence-corrected chi connectivity index (χ1v) is 7.89. The molecule has 0 saturated heterocycles. The number of halogens is 1. The summed E-state index contributed by atoms with van der Waals surface area (Å²) in [4.78, 5) is 2.29. The van der Waals surface area contributed by atoms with Gasteiger partial charge in [0.15, 0.2) is 5.84 Å². The molecule has 0 fully saturated rings. The lowest BCUT2D eigenvalue weighted by molar-refractivity contribution is 0.318. The summed E-state index contributed by atoms with van der Waals surface area (Å²) in [6.45, 7) is 8.42. The van der Waals surface area contributed by atoms with Crippen molar-refractivity contribution in [2.24, 2.45) is 16.8 Å². The zero-order valence-corrected chi connectivity index (χ0v) is 14.0. The molecular formula is C15H24BrN3O. The third-order valence-corrected chi connectivity index (χ3v) is 4.37. The summed E-state index contributed by atoms with van der Waals surface area (Å²) in [5, 5.41) is 12.1. The average molecular weight is 342 g/mol. The van der Waals surface area contributed by atoms with Crippen LogP contribution in [0.5, 0.6) is 0 Å². The van der Waals surface area contributed by atoms with Gasteiger partial charge in [0.05, 0.1) is 5.56 Å². The standard InChI is InChI=1S/C15H24BrN3O/c1-4-11(5-2)10-19(6-3)13-9-7-8-12(16)14(13)15(17)18-20/h7-9,11,20H,4-6,10H2,1-3H3,(H2,17,18). The van der Waals surface area contributed by atoms with Gasteiger partial charge < -0.3 is 15.8 Å². The molecule has 1 rings (SSSR count). The maximum atomic E-state index is 8.99. The zero-order valence-electron chi connectivity index (χ0n) is 12.4. The maximum Gasteiger partial charge on any atom is 0.173 e. The average Bonchev–Trinajstić information content (AvgIpc) is 2.47. The lowest BCUT2D eigenvalue weighted by atomic mass is 10.0. The van der Waals surface area contributed by atoms with Gasteiger partial charge in [-0.2, -0.15) is 0 Å². The second-order valence-corrected chi connectivity index (χ2v) is 5.69. The van der Waals surface area contributed by atoms with Crippen LogP contribution in [0.25, 0.3) is 0 Å². The first-order valence-electron chi connectivity index (χ1n) is 7.10. The lowest BCUT2D eigenvalue weighted by Gasteiger charge is -2.29. The minimum atomic E-state index is 0.135. The van der Waals surface area contributed by atoms with E-state index in [-0.39, 0.29) is 5.84 Å². The molecule has 5 heteroatoms. The second-order valence-electron chi connectivity index (χ2n) is 4.84. The summed E-state index contributed by atoms with van der Waals surface area (Å²) in [5.41, 5.74) is 7.58. The summed E-state index contributed by atoms with van der Waals surface area (Å²) in [6, 6.07) is 5.90. The van der Waals surface area contributed by atoms with Gasteiger partial charge in [0, 0.05) is 23.2 Å². The fourth-order valence-corrected chi connectivity index (χ4v) is 2.90. The van der Waals surface area contributed by atoms with E-state index in [2.05, 4.69) is 46.8 Å². The van der Waals surface area contributed by atoms with Crippen molar-refractivity contribution in [3.8, 4) is 0 Å². The van der Waals surface area contributed by atoms with Gasteiger partial charge in [0.2, 0.25) is 0 Å². The van der Waals surface area contributed by atoms with Crippen LogP contribution >= 0.6 is 15.9 Å². The van der Waals surface area contributed by atoms with E-state index in [0.717, 1.165) is 41.7 Å². The van der Waals surface area contributed by atoms with Crippen LogP contribution in [0.2, 0.25) is 0 Å². The predicted octanol–water partition coefficient (Wildman–Crippen LogP) is 3.81. The zero-order chi connectivity index (χ0) is 15.1. The summed E-state index contributed by atoms with van der Waals surface area (Å²) in [6.07, 6.45) is 2.31. The van der Waals surface area contributed by atoms with Crippen molar-refractivity contribution >= 4 is 27.5 Å². The number of hydrogen-bond donors (Lipinski definition) is 2. The van der Waals surface area contributed by atoms with E-state index in [1.54, 1.807) is 0 Å². The number of amidine groups is 1. The number of hydrogen-bond acceptors (Lipinski definition) is 3. The largest absolute Gasteiger partial charge is 0.409 e. The van der Waals surface area contributed by atoms with Gasteiger partial charge in [0.25, 0.3) is 0 Å². The van der Waals surface area contributed by atoms with Gasteiger partial charge in [-0.1, -0.05) is 37.9 Å². The molecule has 0 spiro atoms. The molecule has 0 heterocycles. The van der Waals surface area contributed by atoms with Gasteiger partial charge in [-0.05, 0) is 40.9 Å². The molecule has 0 aliphatic carbocycles. The van der Waals surface area contributed by atoms with E-state index in [4.69, 9.17) is 10.9 Å². The molecule has 0 radical (unpaired) electrons. The Hall–Kier alpha value is -1.23. The van der Waals surface area contributed by atoms with Crippen molar-refractivity contribution in [2.75, 3.05) is 18.0 Å². The second kappa shape index (κ2) is 8.15. The minimum Gasteiger partial charge on any atom is -0.409 e. The highest BCUT2D eigenvalue weighted by Gasteiger charge is 2.18. The Morgan fingerprint density at radius 2 is 2.00 bits per heavy atom. The van der Waals surface area contributed by atoms with E-state index in [0.29, 0.717) is 5.92 Å². The molecular weight excluding hydrogens is 318 g/mol. The van der Waals surface area contributed by atoms with Gasteiger partial charge in [0.1, 0.15) is 0 Å². The summed E-state index contributed by atoms with van der Waals surface area (Å²) in [7, 11) is 0. The van der Waals surface area contributed by atoms with Crippen LogP contribution in [0.15, 0.2) is 27.8 Å². The minimum absolute atomic E-state index is 0.135. The molecule has 1 aromatic rings. The van der Waals surface area contributed by atoms with Crippen molar-refractivity contribution in [3.63, 3.8) is 0 Å². The topological polar surface area (TPSA) is 61.8 Å². The molecule has 0 aliphatic rings. The third kappa shape index (κ3) is 3.88. The van der Waals surface area contributed by atoms with E-state index < -0.39 is 0 Å². The molecule has 0 atom stereocenters. The van der Waals surface area contributed by atoms with Crippen LogP contribution in [0.4, 0.5) is 5.69 Å². The van der Waals surface area contributed by atoms with Gasteiger partial charge >= 0.3 is 0 Å². The normalized spacial score (nSPS) is 11.9. The van der Waals surface area contributed by atoms with Crippen LogP contribution in [0.1, 0.15) is 39.2 Å². The predicted molar refractivity (Wildman–Crippen MR) is 88.6 cm³/mol. The summed E-state index contributed by atoms with van der Waals surface area (Å²) < 4.78 is 0.841.